The summed E-state index contributed by atoms with van der Waals surface area (Å²) in [5.41, 5.74) is 4.63. The minimum Gasteiger partial charge on any atom is -0.443 e. The number of amides is 1. The number of allylic oxidation sites excluding steroid dienone is 1. The molecule has 0 aromatic heterocycles. The number of hydrogen-bond acceptors (Lipinski definition) is 3. The monoisotopic (exact) mass is 297 g/mol. The van der Waals surface area contributed by atoms with Crippen LogP contribution in [0.3, 0.4) is 0 Å². The van der Waals surface area contributed by atoms with Crippen LogP contribution in [-0.2, 0) is 4.74 Å². The largest absolute Gasteiger partial charge is 0.443 e. The summed E-state index contributed by atoms with van der Waals surface area (Å²) in [7, 11) is 0. The lowest BCUT2D eigenvalue weighted by atomic mass is 9.77. The molecule has 0 bridgehead atoms. The molecule has 1 amide bonds. The third-order valence-electron chi connectivity index (χ3n) is 4.96. The molecule has 1 atom stereocenters. The first-order valence-corrected chi connectivity index (χ1v) is 8.11. The van der Waals surface area contributed by atoms with Crippen LogP contribution in [-0.4, -0.2) is 23.4 Å². The van der Waals surface area contributed by atoms with Gasteiger partial charge in [0.1, 0.15) is 5.60 Å². The fraction of sp³-hybridized carbons (Fsp3) is 0.824. The van der Waals surface area contributed by atoms with Crippen molar-refractivity contribution in [3.63, 3.8) is 0 Å². The van der Waals surface area contributed by atoms with Crippen molar-refractivity contribution in [1.29, 1.82) is 0 Å². The minimum atomic E-state index is -0.692. The van der Waals surface area contributed by atoms with Crippen molar-refractivity contribution in [2.45, 2.75) is 64.9 Å². The van der Waals surface area contributed by atoms with Crippen LogP contribution >= 0.6 is 0 Å². The molecule has 1 aliphatic rings. The van der Waals surface area contributed by atoms with E-state index in [0.717, 1.165) is 12.3 Å². The lowest BCUT2D eigenvalue weighted by Crippen LogP contribution is -2.37. The van der Waals surface area contributed by atoms with Gasteiger partial charge in [-0.15, -0.1) is 0 Å². The first-order chi connectivity index (χ1) is 9.85. The highest BCUT2D eigenvalue weighted by Gasteiger charge is 2.30. The fourth-order valence-electron chi connectivity index (χ4n) is 3.12. The quantitative estimate of drug-likeness (QED) is 0.705. The number of rotatable bonds is 7. The molecule has 0 heterocycles. The standard InChI is InChI=1S/C17H31NO3/c1-13(17(2,3)21-16(18)20)6-7-15-10-8-14(9-11-15)5-4-12-19/h4-5,13-15,19H,6-12H2,1-3H3,(H2,18,20)/b5-4+/t13?,14-,15-. The molecule has 0 aromatic rings. The molecule has 0 spiro atoms. The maximum atomic E-state index is 10.9. The van der Waals surface area contributed by atoms with Gasteiger partial charge in [0.05, 0.1) is 6.61 Å². The van der Waals surface area contributed by atoms with Crippen molar-refractivity contribution in [2.75, 3.05) is 6.61 Å². The molecular weight excluding hydrogens is 266 g/mol. The number of primary amides is 1. The number of carbonyl (C=O) groups is 1. The summed E-state index contributed by atoms with van der Waals surface area (Å²) in [6, 6.07) is 0. The van der Waals surface area contributed by atoms with Crippen LogP contribution in [0.2, 0.25) is 0 Å². The number of carbonyl (C=O) groups excluding carboxylic acids is 1. The number of hydrogen-bond donors (Lipinski definition) is 2. The van der Waals surface area contributed by atoms with E-state index in [1.165, 1.54) is 32.1 Å². The van der Waals surface area contributed by atoms with Gasteiger partial charge in [-0.1, -0.05) is 25.5 Å². The van der Waals surface area contributed by atoms with Gasteiger partial charge in [0.2, 0.25) is 0 Å². The molecule has 1 aliphatic carbocycles. The first-order valence-electron chi connectivity index (χ1n) is 8.11. The number of aliphatic hydroxyl groups excluding tert-OH is 1. The predicted molar refractivity (Wildman–Crippen MR) is 84.8 cm³/mol. The molecule has 0 saturated heterocycles. The van der Waals surface area contributed by atoms with Crippen molar-refractivity contribution in [3.8, 4) is 0 Å². The second-order valence-corrected chi connectivity index (χ2v) is 6.89. The van der Waals surface area contributed by atoms with Gasteiger partial charge >= 0.3 is 6.09 Å². The van der Waals surface area contributed by atoms with Crippen molar-refractivity contribution >= 4 is 6.09 Å². The molecule has 122 valence electrons. The second kappa shape index (κ2) is 8.42. The van der Waals surface area contributed by atoms with E-state index in [2.05, 4.69) is 13.0 Å². The SMILES string of the molecule is CC(CC[C@H]1CC[C@H](/C=C/CO)CC1)C(C)(C)OC(N)=O. The number of nitrogens with two attached hydrogens (primary N) is 1. The molecule has 0 aromatic carbocycles. The smallest absolute Gasteiger partial charge is 0.405 e. The summed E-state index contributed by atoms with van der Waals surface area (Å²) >= 11 is 0. The first kappa shape index (κ1) is 18.0. The maximum absolute atomic E-state index is 10.9. The van der Waals surface area contributed by atoms with Crippen LogP contribution in [0.5, 0.6) is 0 Å². The summed E-state index contributed by atoms with van der Waals surface area (Å²) in [5.74, 6) is 1.72. The Labute approximate surface area is 128 Å². The Hall–Kier alpha value is -1.03. The van der Waals surface area contributed by atoms with Gasteiger partial charge in [-0.2, -0.15) is 0 Å². The highest BCUT2D eigenvalue weighted by Crippen LogP contribution is 2.35. The van der Waals surface area contributed by atoms with Crippen molar-refractivity contribution in [1.82, 2.24) is 0 Å². The third-order valence-corrected chi connectivity index (χ3v) is 4.96. The molecule has 0 radical (unpaired) electrons. The van der Waals surface area contributed by atoms with E-state index < -0.39 is 11.7 Å². The zero-order valence-electron chi connectivity index (χ0n) is 13.7. The molecule has 21 heavy (non-hydrogen) atoms. The highest BCUT2D eigenvalue weighted by molar-refractivity contribution is 5.65. The Morgan fingerprint density at radius 2 is 2.00 bits per heavy atom. The maximum Gasteiger partial charge on any atom is 0.405 e. The van der Waals surface area contributed by atoms with Crippen LogP contribution in [0.25, 0.3) is 0 Å². The van der Waals surface area contributed by atoms with Crippen molar-refractivity contribution in [3.05, 3.63) is 12.2 Å². The second-order valence-electron chi connectivity index (χ2n) is 6.89. The van der Waals surface area contributed by atoms with Gasteiger partial charge in [-0.3, -0.25) is 0 Å². The highest BCUT2D eigenvalue weighted by atomic mass is 16.6. The lowest BCUT2D eigenvalue weighted by Gasteiger charge is -2.33. The van der Waals surface area contributed by atoms with E-state index in [4.69, 9.17) is 15.6 Å². The molecule has 1 rings (SSSR count). The summed E-state index contributed by atoms with van der Waals surface area (Å²) < 4.78 is 5.21. The van der Waals surface area contributed by atoms with Crippen LogP contribution in [0.1, 0.15) is 59.3 Å². The Morgan fingerprint density at radius 3 is 2.52 bits per heavy atom. The Bertz CT molecular complexity index is 344. The number of ether oxygens (including phenoxy) is 1. The molecule has 1 saturated carbocycles. The molecule has 0 aliphatic heterocycles. The topological polar surface area (TPSA) is 72.6 Å². The summed E-state index contributed by atoms with van der Waals surface area (Å²) in [6.45, 7) is 6.13. The van der Waals surface area contributed by atoms with Gasteiger partial charge in [0, 0.05) is 0 Å². The van der Waals surface area contributed by atoms with E-state index in [-0.39, 0.29) is 6.61 Å². The van der Waals surface area contributed by atoms with Crippen molar-refractivity contribution in [2.24, 2.45) is 23.5 Å². The molecule has 1 fully saturated rings. The average molecular weight is 297 g/mol. The van der Waals surface area contributed by atoms with E-state index in [0.29, 0.717) is 11.8 Å². The van der Waals surface area contributed by atoms with Crippen LogP contribution in [0.4, 0.5) is 4.79 Å². The summed E-state index contributed by atoms with van der Waals surface area (Å²) in [6.07, 6.45) is 10.5. The summed E-state index contributed by atoms with van der Waals surface area (Å²) in [5, 5.41) is 8.80. The van der Waals surface area contributed by atoms with E-state index in [9.17, 15) is 4.79 Å². The fourth-order valence-corrected chi connectivity index (χ4v) is 3.12. The normalized spacial score (nSPS) is 25.0. The molecule has 4 heteroatoms. The summed E-state index contributed by atoms with van der Waals surface area (Å²) in [4.78, 5) is 10.9. The van der Waals surface area contributed by atoms with Crippen LogP contribution < -0.4 is 5.73 Å². The zero-order chi connectivity index (χ0) is 15.9. The van der Waals surface area contributed by atoms with Crippen LogP contribution in [0, 0.1) is 17.8 Å². The third kappa shape index (κ3) is 6.51. The molecule has 1 unspecified atom stereocenters. The minimum absolute atomic E-state index is 0.145. The Kier molecular flexibility index (Phi) is 7.23. The van der Waals surface area contributed by atoms with Gasteiger partial charge in [-0.25, -0.2) is 4.79 Å². The van der Waals surface area contributed by atoms with Crippen LogP contribution in [0.15, 0.2) is 12.2 Å². The van der Waals surface area contributed by atoms with E-state index in [1.807, 2.05) is 19.9 Å². The average Bonchev–Trinajstić information content (AvgIpc) is 2.42. The Morgan fingerprint density at radius 1 is 1.38 bits per heavy atom. The molecule has 4 nitrogen and oxygen atoms in total. The zero-order valence-corrected chi connectivity index (χ0v) is 13.7. The van der Waals surface area contributed by atoms with E-state index >= 15 is 0 Å². The van der Waals surface area contributed by atoms with Gasteiger partial charge in [0.25, 0.3) is 0 Å². The molecular formula is C17H31NO3. The Balaban J connectivity index is 2.30. The van der Waals surface area contributed by atoms with Gasteiger partial charge < -0.3 is 15.6 Å². The lowest BCUT2D eigenvalue weighted by molar-refractivity contribution is -0.000476. The van der Waals surface area contributed by atoms with Gasteiger partial charge in [0.15, 0.2) is 0 Å². The van der Waals surface area contributed by atoms with E-state index in [1.54, 1.807) is 0 Å². The van der Waals surface area contributed by atoms with Gasteiger partial charge in [-0.05, 0) is 63.7 Å². The molecule has 3 N–H and O–H groups in total. The predicted octanol–water partition coefficient (Wildman–Crippen LogP) is 3.63. The number of aliphatic hydroxyl groups is 1. The van der Waals surface area contributed by atoms with Crippen molar-refractivity contribution < 1.29 is 14.6 Å².